The highest BCUT2D eigenvalue weighted by Gasteiger charge is 2.47. The van der Waals surface area contributed by atoms with Gasteiger partial charge in [0.25, 0.3) is 5.91 Å². The fourth-order valence-electron chi connectivity index (χ4n) is 2.83. The van der Waals surface area contributed by atoms with E-state index in [0.29, 0.717) is 18.5 Å². The van der Waals surface area contributed by atoms with E-state index in [2.05, 4.69) is 10.3 Å². The number of ketones is 1. The lowest BCUT2D eigenvalue weighted by molar-refractivity contribution is -0.130. The van der Waals surface area contributed by atoms with Crippen molar-refractivity contribution in [1.29, 1.82) is 0 Å². The van der Waals surface area contributed by atoms with E-state index in [1.54, 1.807) is 25.3 Å². The third-order valence-corrected chi connectivity index (χ3v) is 4.30. The highest BCUT2D eigenvalue weighted by atomic mass is 16.2. The number of urea groups is 1. The van der Waals surface area contributed by atoms with Crippen molar-refractivity contribution in [1.82, 2.24) is 15.2 Å². The van der Waals surface area contributed by atoms with Gasteiger partial charge in [0.05, 0.1) is 12.2 Å². The molecule has 3 amide bonds. The molecule has 6 heteroatoms. The normalized spacial score (nSPS) is 20.3. The minimum Gasteiger partial charge on any atom is -0.359 e. The molecule has 1 aliphatic rings. The van der Waals surface area contributed by atoms with Gasteiger partial charge in [-0.25, -0.2) is 4.79 Å². The molecule has 1 aliphatic heterocycles. The van der Waals surface area contributed by atoms with Gasteiger partial charge in [0.1, 0.15) is 5.54 Å². The van der Waals surface area contributed by atoms with Gasteiger partial charge in [0, 0.05) is 6.20 Å². The lowest BCUT2D eigenvalue weighted by atomic mass is 9.93. The van der Waals surface area contributed by atoms with Crippen LogP contribution < -0.4 is 5.32 Å². The number of nitrogens with one attached hydrogen (secondary N) is 2. The Bertz CT molecular complexity index is 755. The molecule has 0 radical (unpaired) electrons. The third kappa shape index (κ3) is 3.08. The minimum absolute atomic E-state index is 0.258. The Morgan fingerprint density at radius 1 is 1.12 bits per heavy atom. The Kier molecular flexibility index (Phi) is 4.20. The Labute approximate surface area is 139 Å². The number of rotatable bonds is 6. The number of Topliss-reactive ketones (excluding diaryl/α,β-unsaturated/α-hetero) is 1. The van der Waals surface area contributed by atoms with Crippen LogP contribution in [0.15, 0.2) is 48.7 Å². The predicted octanol–water partition coefficient (Wildman–Crippen LogP) is 2.14. The van der Waals surface area contributed by atoms with E-state index >= 15 is 0 Å². The van der Waals surface area contributed by atoms with Crippen LogP contribution in [-0.2, 0) is 11.2 Å². The van der Waals surface area contributed by atoms with Crippen LogP contribution >= 0.6 is 0 Å². The maximum absolute atomic E-state index is 12.6. The zero-order chi connectivity index (χ0) is 17.2. The molecule has 2 N–H and O–H groups in total. The van der Waals surface area contributed by atoms with Crippen molar-refractivity contribution in [3.8, 4) is 0 Å². The standard InChI is InChI=1S/C18H19N3O3/c1-18(10-9-13-6-3-2-4-7-13)16(23)21(17(24)20-18)12-15(22)14-8-5-11-19-14/h2-8,11,19H,9-10,12H2,1H3,(H,20,24)/t18-/m0/s1. The van der Waals surface area contributed by atoms with Crippen LogP contribution in [0, 0.1) is 0 Å². The first-order chi connectivity index (χ1) is 11.5. The lowest BCUT2D eigenvalue weighted by Crippen LogP contribution is -2.44. The maximum atomic E-state index is 12.6. The summed E-state index contributed by atoms with van der Waals surface area (Å²) in [4.78, 5) is 40.7. The number of carbonyl (C=O) groups excluding carboxylic acids is 3. The van der Waals surface area contributed by atoms with Crippen LogP contribution in [0.1, 0.15) is 29.4 Å². The number of hydrogen-bond donors (Lipinski definition) is 2. The Morgan fingerprint density at radius 3 is 2.54 bits per heavy atom. The molecule has 1 aromatic heterocycles. The summed E-state index contributed by atoms with van der Waals surface area (Å²) in [7, 11) is 0. The SMILES string of the molecule is C[C@@]1(CCc2ccccc2)NC(=O)N(CC(=O)c2ccc[nH]2)C1=O. The number of hydrogen-bond acceptors (Lipinski definition) is 3. The van der Waals surface area contributed by atoms with Crippen LogP contribution in [-0.4, -0.2) is 39.7 Å². The molecule has 0 unspecified atom stereocenters. The molecular weight excluding hydrogens is 306 g/mol. The van der Waals surface area contributed by atoms with E-state index in [1.807, 2.05) is 30.3 Å². The van der Waals surface area contributed by atoms with Crippen LogP contribution in [0.25, 0.3) is 0 Å². The Balaban J connectivity index is 1.67. The molecule has 2 aromatic rings. The van der Waals surface area contributed by atoms with Gasteiger partial charge in [0.15, 0.2) is 5.78 Å². The Hall–Kier alpha value is -2.89. The summed E-state index contributed by atoms with van der Waals surface area (Å²) < 4.78 is 0. The number of amides is 3. The van der Waals surface area contributed by atoms with Gasteiger partial charge in [-0.2, -0.15) is 0 Å². The first-order valence-electron chi connectivity index (χ1n) is 7.84. The van der Waals surface area contributed by atoms with E-state index < -0.39 is 11.6 Å². The van der Waals surface area contributed by atoms with Crippen molar-refractivity contribution < 1.29 is 14.4 Å². The van der Waals surface area contributed by atoms with Crippen LogP contribution in [0.5, 0.6) is 0 Å². The molecule has 24 heavy (non-hydrogen) atoms. The highest BCUT2D eigenvalue weighted by molar-refractivity contribution is 6.10. The number of aromatic amines is 1. The fraction of sp³-hybridized carbons (Fsp3) is 0.278. The first kappa shape index (κ1) is 16.0. The minimum atomic E-state index is -0.983. The summed E-state index contributed by atoms with van der Waals surface area (Å²) in [5, 5.41) is 2.73. The van der Waals surface area contributed by atoms with Crippen molar-refractivity contribution in [3.05, 3.63) is 59.9 Å². The van der Waals surface area contributed by atoms with Gasteiger partial charge in [0.2, 0.25) is 0 Å². The van der Waals surface area contributed by atoms with E-state index in [1.165, 1.54) is 0 Å². The topological polar surface area (TPSA) is 82.3 Å². The number of benzene rings is 1. The van der Waals surface area contributed by atoms with Crippen LogP contribution in [0.2, 0.25) is 0 Å². The molecule has 0 aliphatic carbocycles. The van der Waals surface area contributed by atoms with Crippen molar-refractivity contribution in [2.75, 3.05) is 6.54 Å². The second-order valence-corrected chi connectivity index (χ2v) is 6.15. The summed E-state index contributed by atoms with van der Waals surface area (Å²) in [5.74, 6) is -0.654. The van der Waals surface area contributed by atoms with E-state index in [9.17, 15) is 14.4 Å². The van der Waals surface area contributed by atoms with Gasteiger partial charge in [-0.15, -0.1) is 0 Å². The van der Waals surface area contributed by atoms with E-state index in [-0.39, 0.29) is 18.2 Å². The largest absolute Gasteiger partial charge is 0.359 e. The molecule has 1 saturated heterocycles. The second kappa shape index (κ2) is 6.31. The Morgan fingerprint density at radius 2 is 1.88 bits per heavy atom. The number of H-pyrrole nitrogens is 1. The molecule has 6 nitrogen and oxygen atoms in total. The number of aryl methyl sites for hydroxylation is 1. The summed E-state index contributed by atoms with van der Waals surface area (Å²) in [6.07, 6.45) is 2.78. The van der Waals surface area contributed by atoms with Gasteiger partial charge in [-0.1, -0.05) is 30.3 Å². The molecule has 2 heterocycles. The van der Waals surface area contributed by atoms with Crippen LogP contribution in [0.4, 0.5) is 4.79 Å². The van der Waals surface area contributed by atoms with E-state index in [0.717, 1.165) is 10.5 Å². The lowest BCUT2D eigenvalue weighted by Gasteiger charge is -2.21. The van der Waals surface area contributed by atoms with Gasteiger partial charge >= 0.3 is 6.03 Å². The number of carbonyl (C=O) groups is 3. The molecule has 1 aromatic carbocycles. The average molecular weight is 325 g/mol. The predicted molar refractivity (Wildman–Crippen MR) is 88.5 cm³/mol. The maximum Gasteiger partial charge on any atom is 0.325 e. The zero-order valence-electron chi connectivity index (χ0n) is 13.4. The molecule has 1 atom stereocenters. The number of nitrogens with zero attached hydrogens (tertiary/aromatic N) is 1. The number of imide groups is 1. The molecular formula is C18H19N3O3. The van der Waals surface area contributed by atoms with Crippen molar-refractivity contribution in [2.45, 2.75) is 25.3 Å². The van der Waals surface area contributed by atoms with E-state index in [4.69, 9.17) is 0 Å². The molecule has 0 spiro atoms. The van der Waals surface area contributed by atoms with Gasteiger partial charge < -0.3 is 10.3 Å². The summed E-state index contributed by atoms with van der Waals surface area (Å²) in [5.41, 5.74) is 0.498. The number of aromatic nitrogens is 1. The molecule has 3 rings (SSSR count). The van der Waals surface area contributed by atoms with Crippen LogP contribution in [0.3, 0.4) is 0 Å². The summed E-state index contributed by atoms with van der Waals surface area (Å²) in [6.45, 7) is 1.45. The molecule has 1 fully saturated rings. The third-order valence-electron chi connectivity index (χ3n) is 4.30. The van der Waals surface area contributed by atoms with Crippen molar-refractivity contribution in [3.63, 3.8) is 0 Å². The summed E-state index contributed by atoms with van der Waals surface area (Å²) >= 11 is 0. The van der Waals surface area contributed by atoms with Crippen molar-refractivity contribution in [2.24, 2.45) is 0 Å². The quantitative estimate of drug-likeness (QED) is 0.630. The molecule has 0 bridgehead atoms. The molecule has 0 saturated carbocycles. The second-order valence-electron chi connectivity index (χ2n) is 6.15. The first-order valence-corrected chi connectivity index (χ1v) is 7.84. The highest BCUT2D eigenvalue weighted by Crippen LogP contribution is 2.23. The zero-order valence-corrected chi connectivity index (χ0v) is 13.4. The summed E-state index contributed by atoms with van der Waals surface area (Å²) in [6, 6.07) is 12.6. The average Bonchev–Trinajstić information content (AvgIpc) is 3.18. The smallest absolute Gasteiger partial charge is 0.325 e. The molecule has 124 valence electrons. The monoisotopic (exact) mass is 325 g/mol. The fourth-order valence-corrected chi connectivity index (χ4v) is 2.83. The van der Waals surface area contributed by atoms with Crippen molar-refractivity contribution >= 4 is 17.7 Å². The van der Waals surface area contributed by atoms with Gasteiger partial charge in [-0.3, -0.25) is 14.5 Å². The van der Waals surface area contributed by atoms with Gasteiger partial charge in [-0.05, 0) is 37.5 Å².